The molecule has 4 aromatic rings. The van der Waals surface area contributed by atoms with E-state index in [0.717, 1.165) is 38.0 Å². The third-order valence-corrected chi connectivity index (χ3v) is 10.3. The average molecular weight is 600 g/mol. The molecular formula is C26H28ClN8O3S2+. The number of methoxy groups -OCH3 is 1. The van der Waals surface area contributed by atoms with Crippen molar-refractivity contribution >= 4 is 57.5 Å². The lowest BCUT2D eigenvalue weighted by molar-refractivity contribution is -0.559. The first kappa shape index (κ1) is 27.1. The van der Waals surface area contributed by atoms with Crippen molar-refractivity contribution in [1.82, 2.24) is 19.5 Å². The SMILES string of the molecule is COCCn1cnc2ccc(Sc3c[n+](C(N)=O)c(N4CCC5(CC4)Cc4ncsc4[C@H]5N)cn3)c(Cl)c2c1=O. The molecule has 14 heteroatoms. The molecule has 40 heavy (non-hydrogen) atoms. The van der Waals surface area contributed by atoms with Crippen molar-refractivity contribution in [3.8, 4) is 0 Å². The number of piperidine rings is 1. The van der Waals surface area contributed by atoms with Crippen LogP contribution in [0.5, 0.6) is 0 Å². The molecule has 0 unspecified atom stereocenters. The van der Waals surface area contributed by atoms with Crippen molar-refractivity contribution in [3.63, 3.8) is 0 Å². The fourth-order valence-corrected chi connectivity index (χ4v) is 7.76. The average Bonchev–Trinajstić information content (AvgIpc) is 3.50. The maximum atomic E-state index is 13.1. The van der Waals surface area contributed by atoms with Crippen LogP contribution in [0.4, 0.5) is 10.6 Å². The van der Waals surface area contributed by atoms with Crippen LogP contribution in [0.1, 0.15) is 29.5 Å². The van der Waals surface area contributed by atoms with E-state index in [4.69, 9.17) is 27.8 Å². The van der Waals surface area contributed by atoms with Crippen LogP contribution >= 0.6 is 34.7 Å². The van der Waals surface area contributed by atoms with Crippen molar-refractivity contribution in [3.05, 3.63) is 62.3 Å². The predicted octanol–water partition coefficient (Wildman–Crippen LogP) is 2.76. The first-order valence-corrected chi connectivity index (χ1v) is 14.9. The second-order valence-corrected chi connectivity index (χ2v) is 12.4. The summed E-state index contributed by atoms with van der Waals surface area (Å²) >= 11 is 9.58. The van der Waals surface area contributed by atoms with Crippen LogP contribution in [-0.4, -0.2) is 52.4 Å². The number of rotatable bonds is 6. The fraction of sp³-hybridized carbons (Fsp3) is 0.385. The van der Waals surface area contributed by atoms with Gasteiger partial charge in [0.25, 0.3) is 5.56 Å². The number of hydrogen-bond donors (Lipinski definition) is 2. The molecule has 2 aliphatic rings. The van der Waals surface area contributed by atoms with E-state index in [-0.39, 0.29) is 22.0 Å². The van der Waals surface area contributed by atoms with Crippen LogP contribution in [0.3, 0.4) is 0 Å². The Labute approximate surface area is 243 Å². The van der Waals surface area contributed by atoms with Gasteiger partial charge in [0.1, 0.15) is 17.4 Å². The topological polar surface area (TPSA) is 146 Å². The summed E-state index contributed by atoms with van der Waals surface area (Å²) in [5.41, 5.74) is 15.7. The summed E-state index contributed by atoms with van der Waals surface area (Å²) in [6.07, 6.45) is 7.42. The minimum atomic E-state index is -0.613. The van der Waals surface area contributed by atoms with E-state index in [0.29, 0.717) is 39.8 Å². The molecule has 1 aliphatic carbocycles. The smallest absolute Gasteiger partial charge is 0.383 e. The molecule has 1 saturated heterocycles. The Hall–Kier alpha value is -3.10. The van der Waals surface area contributed by atoms with E-state index in [1.54, 1.807) is 43.0 Å². The number of thiazole rings is 1. The minimum Gasteiger partial charge on any atom is -0.383 e. The maximum Gasteiger partial charge on any atom is 0.438 e. The number of nitrogens with two attached hydrogens (primary N) is 2. The number of hydrogen-bond acceptors (Lipinski definition) is 10. The Morgan fingerprint density at radius 3 is 2.83 bits per heavy atom. The summed E-state index contributed by atoms with van der Waals surface area (Å²) in [5.74, 6) is 0.626. The molecule has 4 heterocycles. The zero-order chi connectivity index (χ0) is 28.0. The van der Waals surface area contributed by atoms with Gasteiger partial charge < -0.3 is 10.5 Å². The molecule has 1 atom stereocenters. The molecule has 3 aromatic heterocycles. The van der Waals surface area contributed by atoms with Gasteiger partial charge in [0.2, 0.25) is 5.82 Å². The summed E-state index contributed by atoms with van der Waals surface area (Å²) in [6, 6.07) is 2.91. The third kappa shape index (κ3) is 4.65. The molecule has 1 spiro atoms. The Kier molecular flexibility index (Phi) is 7.25. The molecule has 0 radical (unpaired) electrons. The molecule has 1 aromatic carbocycles. The minimum absolute atomic E-state index is 0.00345. The Morgan fingerprint density at radius 2 is 2.10 bits per heavy atom. The molecule has 0 saturated carbocycles. The van der Waals surface area contributed by atoms with Gasteiger partial charge in [-0.2, -0.15) is 4.57 Å². The van der Waals surface area contributed by atoms with E-state index in [2.05, 4.69) is 19.9 Å². The van der Waals surface area contributed by atoms with Crippen molar-refractivity contribution in [2.24, 2.45) is 16.9 Å². The van der Waals surface area contributed by atoms with Gasteiger partial charge in [-0.15, -0.1) is 11.3 Å². The molecule has 1 amide bonds. The van der Waals surface area contributed by atoms with E-state index in [9.17, 15) is 9.59 Å². The van der Waals surface area contributed by atoms with Crippen LogP contribution in [0, 0.1) is 5.41 Å². The van der Waals surface area contributed by atoms with Gasteiger partial charge in [-0.1, -0.05) is 23.4 Å². The number of halogens is 1. The quantitative estimate of drug-likeness (QED) is 0.319. The summed E-state index contributed by atoms with van der Waals surface area (Å²) < 4.78 is 7.97. The van der Waals surface area contributed by atoms with Crippen molar-refractivity contribution in [2.75, 3.05) is 31.7 Å². The summed E-state index contributed by atoms with van der Waals surface area (Å²) in [4.78, 5) is 43.0. The monoisotopic (exact) mass is 599 g/mol. The van der Waals surface area contributed by atoms with Gasteiger partial charge in [-0.05, 0) is 31.4 Å². The molecular weight excluding hydrogens is 572 g/mol. The van der Waals surface area contributed by atoms with Crippen molar-refractivity contribution in [1.29, 1.82) is 0 Å². The molecule has 11 nitrogen and oxygen atoms in total. The largest absolute Gasteiger partial charge is 0.438 e. The van der Waals surface area contributed by atoms with Crippen LogP contribution in [0.2, 0.25) is 5.02 Å². The number of benzene rings is 1. The van der Waals surface area contributed by atoms with Crippen LogP contribution in [0.15, 0.2) is 51.1 Å². The highest BCUT2D eigenvalue weighted by molar-refractivity contribution is 7.99. The lowest BCUT2D eigenvalue weighted by Crippen LogP contribution is -2.54. The van der Waals surface area contributed by atoms with E-state index in [1.807, 2.05) is 5.51 Å². The highest BCUT2D eigenvalue weighted by Gasteiger charge is 2.48. The number of amides is 1. The van der Waals surface area contributed by atoms with Gasteiger partial charge in [-0.3, -0.25) is 20.0 Å². The lowest BCUT2D eigenvalue weighted by atomic mass is 9.74. The zero-order valence-corrected chi connectivity index (χ0v) is 24.1. The van der Waals surface area contributed by atoms with Gasteiger partial charge in [0.05, 0.1) is 59.7 Å². The summed E-state index contributed by atoms with van der Waals surface area (Å²) in [5, 5.41) is 1.11. The number of anilines is 1. The Morgan fingerprint density at radius 1 is 1.30 bits per heavy atom. The number of aromatic nitrogens is 5. The molecule has 6 rings (SSSR count). The number of carbonyl (C=O) groups excluding carboxylic acids is 1. The van der Waals surface area contributed by atoms with Crippen LogP contribution < -0.4 is 26.5 Å². The number of ether oxygens (including phenoxy) is 1. The van der Waals surface area contributed by atoms with E-state index >= 15 is 0 Å². The normalized spacial score (nSPS) is 18.0. The predicted molar refractivity (Wildman–Crippen MR) is 153 cm³/mol. The number of nitrogens with zero attached hydrogens (tertiary/aromatic N) is 6. The third-order valence-electron chi connectivity index (χ3n) is 7.89. The second-order valence-electron chi connectivity index (χ2n) is 10.1. The van der Waals surface area contributed by atoms with Crippen molar-refractivity contribution in [2.45, 2.75) is 41.8 Å². The summed E-state index contributed by atoms with van der Waals surface area (Å²) in [6.45, 7) is 2.19. The van der Waals surface area contributed by atoms with Gasteiger partial charge >= 0.3 is 6.03 Å². The van der Waals surface area contributed by atoms with Crippen LogP contribution in [-0.2, 0) is 17.7 Å². The van der Waals surface area contributed by atoms with E-state index in [1.165, 1.54) is 32.1 Å². The summed E-state index contributed by atoms with van der Waals surface area (Å²) in [7, 11) is 1.57. The van der Waals surface area contributed by atoms with E-state index < -0.39 is 6.03 Å². The standard InChI is InChI=1S/C26H27ClN8O3S2/c1-38-9-8-34-13-31-15-2-3-17(21(27)20(15)24(34)36)40-18-12-35(25(29)37)19(11-30-18)33-6-4-26(5-7-33)10-16-22(23(26)28)39-14-32-16/h2-3,11-14,23H,4-10,28H2,1H3,(H-,29,37)/p+1/t23-/m1/s1. The van der Waals surface area contributed by atoms with Crippen LogP contribution in [0.25, 0.3) is 10.9 Å². The molecule has 1 fully saturated rings. The fourth-order valence-electron chi connectivity index (χ4n) is 5.64. The highest BCUT2D eigenvalue weighted by Crippen LogP contribution is 2.51. The Balaban J connectivity index is 1.24. The van der Waals surface area contributed by atoms with Gasteiger partial charge in [-0.25, -0.2) is 19.7 Å². The molecule has 1 aliphatic heterocycles. The lowest BCUT2D eigenvalue weighted by Gasteiger charge is -2.40. The first-order valence-electron chi connectivity index (χ1n) is 12.8. The number of primary amides is 1. The molecule has 0 bridgehead atoms. The number of carbonyl (C=O) groups is 1. The van der Waals surface area contributed by atoms with Gasteiger partial charge in [0, 0.05) is 28.3 Å². The first-order chi connectivity index (χ1) is 19.3. The van der Waals surface area contributed by atoms with Gasteiger partial charge in [0.15, 0.2) is 0 Å². The maximum absolute atomic E-state index is 13.1. The zero-order valence-electron chi connectivity index (χ0n) is 21.7. The second kappa shape index (κ2) is 10.7. The highest BCUT2D eigenvalue weighted by atomic mass is 35.5. The molecule has 4 N–H and O–H groups in total. The number of fused-ring (bicyclic) bond motifs is 2. The van der Waals surface area contributed by atoms with Crippen molar-refractivity contribution < 1.29 is 14.1 Å². The Bertz CT molecular complexity index is 1670. The molecule has 208 valence electrons.